The van der Waals surface area contributed by atoms with Crippen molar-refractivity contribution >= 4 is 17.4 Å². The van der Waals surface area contributed by atoms with Gasteiger partial charge in [0.25, 0.3) is 0 Å². The predicted molar refractivity (Wildman–Crippen MR) is 57.1 cm³/mol. The van der Waals surface area contributed by atoms with Crippen LogP contribution in [-0.2, 0) is 6.54 Å². The van der Waals surface area contributed by atoms with Crippen molar-refractivity contribution in [3.63, 3.8) is 0 Å². The highest BCUT2D eigenvalue weighted by atomic mass is 35.5. The largest absolute Gasteiger partial charge is 0.389 e. The fraction of sp³-hybridized carbons (Fsp3) is 0.600. The number of nitrogens with zero attached hydrogens (tertiary/aromatic N) is 2. The highest BCUT2D eigenvalue weighted by molar-refractivity contribution is 6.33. The van der Waals surface area contributed by atoms with Gasteiger partial charge in [0.1, 0.15) is 5.69 Å². The van der Waals surface area contributed by atoms with Crippen LogP contribution in [-0.4, -0.2) is 21.7 Å². The molecule has 0 amide bonds. The van der Waals surface area contributed by atoms with Crippen LogP contribution >= 0.6 is 11.6 Å². The van der Waals surface area contributed by atoms with Gasteiger partial charge in [-0.25, -0.2) is 0 Å². The molecule has 7 heteroatoms. The molecule has 1 aromatic rings. The second-order valence-corrected chi connectivity index (χ2v) is 4.01. The average molecular weight is 269 g/mol. The van der Waals surface area contributed by atoms with E-state index in [1.807, 2.05) is 6.92 Å². The lowest BCUT2D eigenvalue weighted by Crippen LogP contribution is -2.15. The minimum Gasteiger partial charge on any atom is -0.292 e. The molecular weight excluding hydrogens is 257 g/mol. The van der Waals surface area contributed by atoms with E-state index in [9.17, 15) is 18.0 Å². The Hall–Kier alpha value is -1.04. The number of hydrogen-bond acceptors (Lipinski definition) is 2. The number of aryl methyl sites for hydroxylation is 1. The third-order valence-electron chi connectivity index (χ3n) is 2.13. The number of Topliss-reactive ketones (excluding diaryl/α,β-unsaturated/α-hetero) is 1. The molecule has 0 aliphatic rings. The summed E-state index contributed by atoms with van der Waals surface area (Å²) in [6.45, 7) is 2.33. The van der Waals surface area contributed by atoms with Crippen molar-refractivity contribution in [3.05, 3.63) is 16.9 Å². The van der Waals surface area contributed by atoms with Crippen LogP contribution in [0.25, 0.3) is 0 Å². The molecule has 1 rings (SSSR count). The van der Waals surface area contributed by atoms with E-state index in [1.165, 1.54) is 10.9 Å². The molecular formula is C10H12ClF3N2O. The molecule has 1 aromatic heterocycles. The number of alkyl halides is 3. The molecule has 0 aliphatic heterocycles. The highest BCUT2D eigenvalue weighted by Gasteiger charge is 2.29. The van der Waals surface area contributed by atoms with Crippen LogP contribution in [0.15, 0.2) is 6.20 Å². The van der Waals surface area contributed by atoms with Gasteiger partial charge in [0.15, 0.2) is 5.78 Å². The first-order valence-electron chi connectivity index (χ1n) is 5.16. The summed E-state index contributed by atoms with van der Waals surface area (Å²) in [6.07, 6.45) is -4.08. The molecule has 0 aromatic carbocycles. The van der Waals surface area contributed by atoms with Gasteiger partial charge in [-0.15, -0.1) is 0 Å². The number of aromatic nitrogens is 2. The minimum absolute atomic E-state index is 0.0674. The Morgan fingerprint density at radius 1 is 1.53 bits per heavy atom. The van der Waals surface area contributed by atoms with Crippen LogP contribution in [0.1, 0.15) is 36.7 Å². The van der Waals surface area contributed by atoms with Crippen LogP contribution < -0.4 is 0 Å². The van der Waals surface area contributed by atoms with Crippen molar-refractivity contribution in [3.8, 4) is 0 Å². The third-order valence-corrected chi connectivity index (χ3v) is 2.41. The number of carbonyl (C=O) groups is 1. The standard InChI is InChI=1S/C10H12ClF3N2O/c1-2-5-16-9(7(11)6-15-16)8(17)3-4-10(12,13)14/h6H,2-5H2,1H3. The Kier molecular flexibility index (Phi) is 4.56. The van der Waals surface area contributed by atoms with Gasteiger partial charge >= 0.3 is 6.18 Å². The van der Waals surface area contributed by atoms with E-state index in [1.54, 1.807) is 0 Å². The van der Waals surface area contributed by atoms with Crippen LogP contribution in [0.4, 0.5) is 13.2 Å². The van der Waals surface area contributed by atoms with Gasteiger partial charge < -0.3 is 0 Å². The maximum atomic E-state index is 12.0. The lowest BCUT2D eigenvalue weighted by molar-refractivity contribution is -0.133. The van der Waals surface area contributed by atoms with Gasteiger partial charge in [0.05, 0.1) is 17.6 Å². The first-order chi connectivity index (χ1) is 7.85. The van der Waals surface area contributed by atoms with Gasteiger partial charge in [-0.3, -0.25) is 9.48 Å². The number of halogens is 4. The summed E-state index contributed by atoms with van der Waals surface area (Å²) in [6, 6.07) is 0. The quantitative estimate of drug-likeness (QED) is 0.767. The first kappa shape index (κ1) is 14.0. The molecule has 0 aliphatic carbocycles. The molecule has 0 fully saturated rings. The van der Waals surface area contributed by atoms with Gasteiger partial charge in [-0.05, 0) is 6.42 Å². The molecule has 0 saturated heterocycles. The number of carbonyl (C=O) groups excluding carboxylic acids is 1. The van der Waals surface area contributed by atoms with E-state index < -0.39 is 24.8 Å². The van der Waals surface area contributed by atoms with E-state index in [0.717, 1.165) is 6.42 Å². The SMILES string of the molecule is CCCn1ncc(Cl)c1C(=O)CCC(F)(F)F. The Labute approximate surface area is 102 Å². The summed E-state index contributed by atoms with van der Waals surface area (Å²) in [5.41, 5.74) is 0.0674. The zero-order chi connectivity index (χ0) is 13.1. The lowest BCUT2D eigenvalue weighted by atomic mass is 10.1. The first-order valence-corrected chi connectivity index (χ1v) is 5.54. The number of ketones is 1. The maximum absolute atomic E-state index is 12.0. The van der Waals surface area contributed by atoms with Crippen molar-refractivity contribution in [1.29, 1.82) is 0 Å². The number of hydrogen-bond donors (Lipinski definition) is 0. The Bertz CT molecular complexity index is 401. The molecule has 96 valence electrons. The third kappa shape index (κ3) is 4.03. The average Bonchev–Trinajstić information content (AvgIpc) is 2.56. The second-order valence-electron chi connectivity index (χ2n) is 3.60. The summed E-state index contributed by atoms with van der Waals surface area (Å²) in [5, 5.41) is 3.96. The molecule has 0 bridgehead atoms. The van der Waals surface area contributed by atoms with E-state index in [2.05, 4.69) is 5.10 Å². The summed E-state index contributed by atoms with van der Waals surface area (Å²) in [4.78, 5) is 11.6. The molecule has 0 unspecified atom stereocenters. The molecule has 1 heterocycles. The molecule has 0 N–H and O–H groups in total. The van der Waals surface area contributed by atoms with Crippen molar-refractivity contribution in [2.45, 2.75) is 38.9 Å². The Morgan fingerprint density at radius 3 is 2.71 bits per heavy atom. The van der Waals surface area contributed by atoms with Crippen LogP contribution in [0.5, 0.6) is 0 Å². The van der Waals surface area contributed by atoms with E-state index in [4.69, 9.17) is 11.6 Å². The lowest BCUT2D eigenvalue weighted by Gasteiger charge is -2.07. The molecule has 0 saturated carbocycles. The molecule has 0 atom stereocenters. The van der Waals surface area contributed by atoms with Crippen molar-refractivity contribution in [1.82, 2.24) is 9.78 Å². The molecule has 0 radical (unpaired) electrons. The van der Waals surface area contributed by atoms with Gasteiger partial charge in [0, 0.05) is 13.0 Å². The Balaban J connectivity index is 2.77. The number of rotatable bonds is 5. The molecule has 0 spiro atoms. The van der Waals surface area contributed by atoms with Gasteiger partial charge in [-0.1, -0.05) is 18.5 Å². The fourth-order valence-corrected chi connectivity index (χ4v) is 1.64. The molecule has 17 heavy (non-hydrogen) atoms. The zero-order valence-electron chi connectivity index (χ0n) is 9.22. The maximum Gasteiger partial charge on any atom is 0.389 e. The summed E-state index contributed by atoms with van der Waals surface area (Å²) in [5.74, 6) is -0.627. The minimum atomic E-state index is -4.34. The van der Waals surface area contributed by atoms with E-state index >= 15 is 0 Å². The summed E-state index contributed by atoms with van der Waals surface area (Å²) >= 11 is 5.74. The second kappa shape index (κ2) is 5.53. The van der Waals surface area contributed by atoms with E-state index in [0.29, 0.717) is 6.54 Å². The smallest absolute Gasteiger partial charge is 0.292 e. The zero-order valence-corrected chi connectivity index (χ0v) is 9.98. The topological polar surface area (TPSA) is 34.9 Å². The van der Waals surface area contributed by atoms with Crippen molar-refractivity contribution < 1.29 is 18.0 Å². The van der Waals surface area contributed by atoms with Crippen LogP contribution in [0.2, 0.25) is 5.02 Å². The van der Waals surface area contributed by atoms with Crippen molar-refractivity contribution in [2.24, 2.45) is 0 Å². The fourth-order valence-electron chi connectivity index (χ4n) is 1.39. The normalized spacial score (nSPS) is 11.8. The van der Waals surface area contributed by atoms with Gasteiger partial charge in [-0.2, -0.15) is 18.3 Å². The van der Waals surface area contributed by atoms with Crippen molar-refractivity contribution in [2.75, 3.05) is 0 Å². The van der Waals surface area contributed by atoms with E-state index in [-0.39, 0.29) is 10.7 Å². The predicted octanol–water partition coefficient (Wildman–Crippen LogP) is 3.47. The Morgan fingerprint density at radius 2 is 2.18 bits per heavy atom. The monoisotopic (exact) mass is 268 g/mol. The van der Waals surface area contributed by atoms with Crippen LogP contribution in [0.3, 0.4) is 0 Å². The van der Waals surface area contributed by atoms with Gasteiger partial charge in [0.2, 0.25) is 0 Å². The summed E-state index contributed by atoms with van der Waals surface area (Å²) < 4.78 is 37.3. The highest BCUT2D eigenvalue weighted by Crippen LogP contribution is 2.24. The van der Waals surface area contributed by atoms with Crippen LogP contribution in [0, 0.1) is 0 Å². The summed E-state index contributed by atoms with van der Waals surface area (Å²) in [7, 11) is 0. The molecule has 3 nitrogen and oxygen atoms in total.